The molecule has 1 saturated heterocycles. The summed E-state index contributed by atoms with van der Waals surface area (Å²) in [6.07, 6.45) is 2.54. The molecule has 1 amide bonds. The minimum absolute atomic E-state index is 0.0638. The van der Waals surface area contributed by atoms with Gasteiger partial charge >= 0.3 is 0 Å². The number of hydrogen-bond donors (Lipinski definition) is 1. The van der Waals surface area contributed by atoms with E-state index in [1.165, 1.54) is 17.6 Å². The van der Waals surface area contributed by atoms with Crippen LogP contribution in [0.2, 0.25) is 0 Å². The van der Waals surface area contributed by atoms with Crippen molar-refractivity contribution in [2.24, 2.45) is 17.6 Å². The topological polar surface area (TPSA) is 77.0 Å². The summed E-state index contributed by atoms with van der Waals surface area (Å²) in [5, 5.41) is 8.67. The Bertz CT molecular complexity index is 645. The molecule has 1 aliphatic heterocycles. The van der Waals surface area contributed by atoms with Gasteiger partial charge in [0.25, 0.3) is 0 Å². The molecule has 4 rings (SSSR count). The third kappa shape index (κ3) is 2.40. The maximum absolute atomic E-state index is 12.4. The van der Waals surface area contributed by atoms with E-state index in [9.17, 15) is 4.79 Å². The highest BCUT2D eigenvalue weighted by Gasteiger charge is 2.42. The van der Waals surface area contributed by atoms with Crippen LogP contribution in [-0.2, 0) is 11.3 Å². The number of carbonyl (C=O) groups is 1. The van der Waals surface area contributed by atoms with Crippen molar-refractivity contribution >= 4 is 16.9 Å². The second-order valence-electron chi connectivity index (χ2n) is 6.18. The maximum atomic E-state index is 12.4. The first-order valence-corrected chi connectivity index (χ1v) is 7.54. The van der Waals surface area contributed by atoms with Gasteiger partial charge in [0.1, 0.15) is 17.6 Å². The largest absolute Gasteiger partial charge is 0.339 e. The number of benzene rings is 1. The monoisotopic (exact) mass is 285 g/mol. The summed E-state index contributed by atoms with van der Waals surface area (Å²) in [6.45, 7) is 1.66. The number of amides is 1. The summed E-state index contributed by atoms with van der Waals surface area (Å²) < 4.78 is 0. The Hall–Kier alpha value is -1.95. The number of aromatic nitrogens is 3. The summed E-state index contributed by atoms with van der Waals surface area (Å²) in [4.78, 5) is 15.8. The van der Waals surface area contributed by atoms with Crippen LogP contribution in [-0.4, -0.2) is 44.9 Å². The van der Waals surface area contributed by atoms with Crippen molar-refractivity contribution in [3.63, 3.8) is 0 Å². The first kappa shape index (κ1) is 12.8. The number of carbonyl (C=O) groups excluding carboxylic acids is 1. The molecule has 1 aliphatic carbocycles. The Labute approximate surface area is 122 Å². The third-order valence-electron chi connectivity index (χ3n) is 4.60. The number of hydrogen-bond acceptors (Lipinski definition) is 4. The van der Waals surface area contributed by atoms with Gasteiger partial charge in [0.15, 0.2) is 0 Å². The van der Waals surface area contributed by atoms with Crippen LogP contribution in [0.4, 0.5) is 0 Å². The van der Waals surface area contributed by atoms with Crippen LogP contribution in [0.1, 0.15) is 12.8 Å². The molecule has 2 atom stereocenters. The lowest BCUT2D eigenvalue weighted by molar-refractivity contribution is -0.131. The number of nitrogens with zero attached hydrogens (tertiary/aromatic N) is 4. The molecule has 2 N–H and O–H groups in total. The van der Waals surface area contributed by atoms with Gasteiger partial charge in [-0.05, 0) is 36.8 Å². The SMILES string of the molecule is N[C@H]1CN(C(=O)Cn2nc3ccccc3n2)C[C@@H]1C1CC1. The van der Waals surface area contributed by atoms with Crippen LogP contribution in [0.5, 0.6) is 0 Å². The van der Waals surface area contributed by atoms with E-state index in [-0.39, 0.29) is 18.5 Å². The van der Waals surface area contributed by atoms with Gasteiger partial charge in [0, 0.05) is 19.1 Å². The fourth-order valence-corrected chi connectivity index (χ4v) is 3.28. The van der Waals surface area contributed by atoms with Gasteiger partial charge in [0.2, 0.25) is 5.91 Å². The van der Waals surface area contributed by atoms with E-state index >= 15 is 0 Å². The Morgan fingerprint density at radius 1 is 1.19 bits per heavy atom. The Balaban J connectivity index is 1.45. The zero-order chi connectivity index (χ0) is 14.4. The molecule has 2 heterocycles. The van der Waals surface area contributed by atoms with Crippen LogP contribution < -0.4 is 5.73 Å². The first-order valence-electron chi connectivity index (χ1n) is 7.54. The van der Waals surface area contributed by atoms with Crippen molar-refractivity contribution in [1.82, 2.24) is 19.9 Å². The fourth-order valence-electron chi connectivity index (χ4n) is 3.28. The van der Waals surface area contributed by atoms with Crippen LogP contribution in [0, 0.1) is 11.8 Å². The molecule has 0 unspecified atom stereocenters. The third-order valence-corrected chi connectivity index (χ3v) is 4.60. The van der Waals surface area contributed by atoms with Crippen molar-refractivity contribution < 1.29 is 4.79 Å². The Kier molecular flexibility index (Phi) is 2.92. The molecular weight excluding hydrogens is 266 g/mol. The summed E-state index contributed by atoms with van der Waals surface area (Å²) in [7, 11) is 0. The highest BCUT2D eigenvalue weighted by atomic mass is 16.2. The molecule has 21 heavy (non-hydrogen) atoms. The lowest BCUT2D eigenvalue weighted by atomic mass is 9.99. The van der Waals surface area contributed by atoms with Crippen LogP contribution >= 0.6 is 0 Å². The molecule has 1 saturated carbocycles. The van der Waals surface area contributed by atoms with Gasteiger partial charge in [-0.2, -0.15) is 15.0 Å². The highest BCUT2D eigenvalue weighted by Crippen LogP contribution is 2.40. The maximum Gasteiger partial charge on any atom is 0.246 e. The van der Waals surface area contributed by atoms with Gasteiger partial charge < -0.3 is 10.6 Å². The molecule has 0 bridgehead atoms. The quantitative estimate of drug-likeness (QED) is 0.897. The van der Waals surface area contributed by atoms with E-state index in [4.69, 9.17) is 5.73 Å². The van der Waals surface area contributed by atoms with Gasteiger partial charge in [-0.3, -0.25) is 4.79 Å². The second kappa shape index (κ2) is 4.80. The molecule has 1 aromatic heterocycles. The van der Waals surface area contributed by atoms with E-state index in [1.807, 2.05) is 29.2 Å². The molecule has 2 aliphatic rings. The summed E-state index contributed by atoms with van der Waals surface area (Å²) >= 11 is 0. The van der Waals surface area contributed by atoms with Gasteiger partial charge in [-0.1, -0.05) is 12.1 Å². The smallest absolute Gasteiger partial charge is 0.246 e. The average molecular weight is 285 g/mol. The van der Waals surface area contributed by atoms with E-state index < -0.39 is 0 Å². The number of rotatable bonds is 3. The van der Waals surface area contributed by atoms with E-state index in [0.717, 1.165) is 23.5 Å². The molecule has 110 valence electrons. The zero-order valence-corrected chi connectivity index (χ0v) is 11.9. The van der Waals surface area contributed by atoms with Crippen molar-refractivity contribution in [1.29, 1.82) is 0 Å². The molecule has 0 spiro atoms. The summed E-state index contributed by atoms with van der Waals surface area (Å²) in [5.74, 6) is 1.29. The second-order valence-corrected chi connectivity index (χ2v) is 6.18. The fraction of sp³-hybridized carbons (Fsp3) is 0.533. The normalized spacial score (nSPS) is 25.7. The molecule has 2 aromatic rings. The number of fused-ring (bicyclic) bond motifs is 1. The van der Waals surface area contributed by atoms with Crippen LogP contribution in [0.3, 0.4) is 0 Å². The van der Waals surface area contributed by atoms with Crippen LogP contribution in [0.25, 0.3) is 11.0 Å². The average Bonchev–Trinajstić information content (AvgIpc) is 3.11. The Morgan fingerprint density at radius 2 is 1.86 bits per heavy atom. The van der Waals surface area contributed by atoms with E-state index in [2.05, 4.69) is 10.2 Å². The summed E-state index contributed by atoms with van der Waals surface area (Å²) in [6, 6.07) is 7.77. The number of likely N-dealkylation sites (tertiary alicyclic amines) is 1. The zero-order valence-electron chi connectivity index (χ0n) is 11.9. The molecular formula is C15H19N5O. The van der Waals surface area contributed by atoms with Crippen molar-refractivity contribution in [3.05, 3.63) is 24.3 Å². The van der Waals surface area contributed by atoms with E-state index in [0.29, 0.717) is 12.5 Å². The highest BCUT2D eigenvalue weighted by molar-refractivity contribution is 5.77. The first-order chi connectivity index (χ1) is 10.2. The predicted molar refractivity (Wildman–Crippen MR) is 78.3 cm³/mol. The van der Waals surface area contributed by atoms with Gasteiger partial charge in [-0.15, -0.1) is 0 Å². The molecule has 0 radical (unpaired) electrons. The molecule has 2 fully saturated rings. The van der Waals surface area contributed by atoms with Gasteiger partial charge in [0.05, 0.1) is 0 Å². The van der Waals surface area contributed by atoms with Gasteiger partial charge in [-0.25, -0.2) is 0 Å². The van der Waals surface area contributed by atoms with Crippen molar-refractivity contribution in [2.75, 3.05) is 13.1 Å². The van der Waals surface area contributed by atoms with Crippen LogP contribution in [0.15, 0.2) is 24.3 Å². The molecule has 1 aromatic carbocycles. The number of nitrogens with two attached hydrogens (primary N) is 1. The minimum Gasteiger partial charge on any atom is -0.339 e. The molecule has 6 nitrogen and oxygen atoms in total. The predicted octanol–water partition coefficient (Wildman–Crippen LogP) is 0.627. The standard InChI is InChI=1S/C15H19N5O/c16-12-8-19(7-11(12)10-5-6-10)15(21)9-20-17-13-3-1-2-4-14(13)18-20/h1-4,10-12H,5-9,16H2/t11-,12+/m1/s1. The minimum atomic E-state index is 0.0638. The lowest BCUT2D eigenvalue weighted by Crippen LogP contribution is -2.34. The summed E-state index contributed by atoms with van der Waals surface area (Å²) in [5.41, 5.74) is 7.81. The van der Waals surface area contributed by atoms with Crippen molar-refractivity contribution in [3.8, 4) is 0 Å². The lowest BCUT2D eigenvalue weighted by Gasteiger charge is -2.15. The molecule has 6 heteroatoms. The van der Waals surface area contributed by atoms with Crippen molar-refractivity contribution in [2.45, 2.75) is 25.4 Å². The Morgan fingerprint density at radius 3 is 2.48 bits per heavy atom. The van der Waals surface area contributed by atoms with E-state index in [1.54, 1.807) is 0 Å².